The molecule has 170 valence electrons. The van der Waals surface area contributed by atoms with Gasteiger partial charge < -0.3 is 17.0 Å². The lowest BCUT2D eigenvalue weighted by molar-refractivity contribution is -0.00000610. The van der Waals surface area contributed by atoms with E-state index in [1.807, 2.05) is 0 Å². The zero-order chi connectivity index (χ0) is 21.6. The largest absolute Gasteiger partial charge is 1.00 e. The number of benzene rings is 3. The number of alkyl halides is 1. The number of unbranched alkanes of at least 4 members (excludes halogenated alkanes) is 6. The minimum Gasteiger partial charge on any atom is -1.00 e. The van der Waals surface area contributed by atoms with Crippen molar-refractivity contribution in [3.05, 3.63) is 103 Å². The molecule has 3 heteroatoms. The fraction of sp³-hybridized carbons (Fsp3) is 0.310. The van der Waals surface area contributed by atoms with Crippen LogP contribution in [0, 0.1) is 0 Å². The molecular formula is C29H35BrClP. The Bertz CT molecular complexity index is 784. The van der Waals surface area contributed by atoms with E-state index in [0.29, 0.717) is 0 Å². The molecule has 0 aliphatic heterocycles. The maximum Gasteiger partial charge on any atom is 0.115 e. The van der Waals surface area contributed by atoms with Gasteiger partial charge in [-0.15, -0.1) is 11.6 Å². The van der Waals surface area contributed by atoms with Crippen molar-refractivity contribution in [2.75, 3.05) is 12.0 Å². The molecule has 0 aliphatic carbocycles. The van der Waals surface area contributed by atoms with Crippen molar-refractivity contribution in [2.24, 2.45) is 0 Å². The lowest BCUT2D eigenvalue weighted by atomic mass is 10.1. The second-order valence-electron chi connectivity index (χ2n) is 8.07. The summed E-state index contributed by atoms with van der Waals surface area (Å²) in [5.41, 5.74) is 0. The van der Waals surface area contributed by atoms with Gasteiger partial charge >= 0.3 is 0 Å². The van der Waals surface area contributed by atoms with Crippen molar-refractivity contribution in [3.8, 4) is 0 Å². The van der Waals surface area contributed by atoms with E-state index in [0.717, 1.165) is 18.5 Å². The summed E-state index contributed by atoms with van der Waals surface area (Å²) < 4.78 is 0. The maximum atomic E-state index is 5.76. The lowest BCUT2D eigenvalue weighted by Gasteiger charge is -2.26. The minimum atomic E-state index is -1.73. The van der Waals surface area contributed by atoms with E-state index in [9.17, 15) is 0 Å². The summed E-state index contributed by atoms with van der Waals surface area (Å²) in [4.78, 5) is 0. The van der Waals surface area contributed by atoms with E-state index in [4.69, 9.17) is 11.6 Å². The number of allylic oxidation sites excluding steroid dienone is 2. The third kappa shape index (κ3) is 7.58. The summed E-state index contributed by atoms with van der Waals surface area (Å²) in [6.45, 7) is 0. The van der Waals surface area contributed by atoms with Crippen molar-refractivity contribution < 1.29 is 17.0 Å². The molecular weight excluding hydrogens is 495 g/mol. The van der Waals surface area contributed by atoms with Crippen LogP contribution in [0.25, 0.3) is 0 Å². The molecule has 0 atom stereocenters. The van der Waals surface area contributed by atoms with Crippen LogP contribution in [0.4, 0.5) is 0 Å². The van der Waals surface area contributed by atoms with Crippen molar-refractivity contribution in [1.82, 2.24) is 0 Å². The van der Waals surface area contributed by atoms with Crippen LogP contribution < -0.4 is 32.9 Å². The second kappa shape index (κ2) is 15.4. The Hall–Kier alpha value is -1.40. The maximum absolute atomic E-state index is 5.76. The Labute approximate surface area is 211 Å². The third-order valence-electron chi connectivity index (χ3n) is 5.89. The van der Waals surface area contributed by atoms with Gasteiger partial charge in [0, 0.05) is 5.88 Å². The molecule has 0 fully saturated rings. The average Bonchev–Trinajstić information content (AvgIpc) is 2.84. The van der Waals surface area contributed by atoms with E-state index in [1.54, 1.807) is 0 Å². The standard InChI is InChI=1S/C29H35ClP.BrH/c30-25-17-6-4-2-1-3-5-7-18-26-31(27-19-11-8-12-20-27,28-21-13-9-14-22-28)29-23-15-10-16-24-29;/h7-16,18-24H,1-6,17,25-26H2;1H/q+1;/p-1. The van der Waals surface area contributed by atoms with Crippen molar-refractivity contribution in [1.29, 1.82) is 0 Å². The molecule has 0 aliphatic rings. The van der Waals surface area contributed by atoms with E-state index < -0.39 is 7.26 Å². The van der Waals surface area contributed by atoms with Crippen molar-refractivity contribution >= 4 is 34.8 Å². The minimum absolute atomic E-state index is 0. The first-order chi connectivity index (χ1) is 15.4. The summed E-state index contributed by atoms with van der Waals surface area (Å²) >= 11 is 5.76. The van der Waals surface area contributed by atoms with Crippen LogP contribution in [0.3, 0.4) is 0 Å². The monoisotopic (exact) mass is 528 g/mol. The van der Waals surface area contributed by atoms with E-state index in [1.165, 1.54) is 54.4 Å². The summed E-state index contributed by atoms with van der Waals surface area (Å²) in [5.74, 6) is 0.803. The predicted molar refractivity (Wildman–Crippen MR) is 142 cm³/mol. The Morgan fingerprint density at radius 1 is 0.531 bits per heavy atom. The topological polar surface area (TPSA) is 0 Å². The molecule has 3 aromatic rings. The van der Waals surface area contributed by atoms with Crippen molar-refractivity contribution in [3.63, 3.8) is 0 Å². The van der Waals surface area contributed by atoms with Gasteiger partial charge in [-0.05, 0) is 55.7 Å². The van der Waals surface area contributed by atoms with E-state index in [-0.39, 0.29) is 17.0 Å². The summed E-state index contributed by atoms with van der Waals surface area (Å²) in [5, 5.41) is 4.36. The highest BCUT2D eigenvalue weighted by Crippen LogP contribution is 2.55. The fourth-order valence-corrected chi connectivity index (χ4v) is 8.45. The van der Waals surface area contributed by atoms with E-state index in [2.05, 4.69) is 103 Å². The molecule has 0 bridgehead atoms. The van der Waals surface area contributed by atoms with Gasteiger partial charge in [0.25, 0.3) is 0 Å². The molecule has 0 heterocycles. The SMILES string of the molecule is ClCCCCCCCCC=CC[P+](c1ccccc1)(c1ccccc1)c1ccccc1.[Br-]. The summed E-state index contributed by atoms with van der Waals surface area (Å²) in [6, 6.07) is 33.4. The molecule has 0 saturated heterocycles. The highest BCUT2D eigenvalue weighted by Gasteiger charge is 2.43. The summed E-state index contributed by atoms with van der Waals surface area (Å²) in [6.07, 6.45) is 14.8. The zero-order valence-corrected chi connectivity index (χ0v) is 22.1. The van der Waals surface area contributed by atoms with Gasteiger partial charge in [-0.2, -0.15) is 0 Å². The quantitative estimate of drug-likeness (QED) is 0.132. The van der Waals surface area contributed by atoms with Crippen LogP contribution in [-0.2, 0) is 0 Å². The molecule has 0 aromatic heterocycles. The van der Waals surface area contributed by atoms with Crippen LogP contribution in [0.5, 0.6) is 0 Å². The lowest BCUT2D eigenvalue weighted by Crippen LogP contribution is -3.00. The number of halogens is 2. The highest BCUT2D eigenvalue weighted by atomic mass is 79.9. The molecule has 3 rings (SSSR count). The Morgan fingerprint density at radius 2 is 0.938 bits per heavy atom. The number of rotatable bonds is 13. The first-order valence-corrected chi connectivity index (χ1v) is 14.1. The zero-order valence-electron chi connectivity index (χ0n) is 18.9. The molecule has 0 amide bonds. The van der Waals surface area contributed by atoms with Gasteiger partial charge in [0.05, 0.1) is 6.16 Å². The van der Waals surface area contributed by atoms with Gasteiger partial charge in [0.2, 0.25) is 0 Å². The van der Waals surface area contributed by atoms with Crippen LogP contribution in [0.1, 0.15) is 44.9 Å². The predicted octanol–water partition coefficient (Wildman–Crippen LogP) is 4.51. The van der Waals surface area contributed by atoms with Gasteiger partial charge in [-0.25, -0.2) is 0 Å². The van der Waals surface area contributed by atoms with Gasteiger partial charge in [-0.3, -0.25) is 0 Å². The third-order valence-corrected chi connectivity index (χ3v) is 10.5. The van der Waals surface area contributed by atoms with Crippen LogP contribution >= 0.6 is 18.9 Å². The van der Waals surface area contributed by atoms with Crippen LogP contribution in [0.15, 0.2) is 103 Å². The van der Waals surface area contributed by atoms with E-state index >= 15 is 0 Å². The molecule has 3 aromatic carbocycles. The van der Waals surface area contributed by atoms with Gasteiger partial charge in [-0.1, -0.05) is 92.4 Å². The van der Waals surface area contributed by atoms with Crippen LogP contribution in [-0.4, -0.2) is 12.0 Å². The average molecular weight is 530 g/mol. The molecule has 32 heavy (non-hydrogen) atoms. The highest BCUT2D eigenvalue weighted by molar-refractivity contribution is 7.95. The van der Waals surface area contributed by atoms with Crippen LogP contribution in [0.2, 0.25) is 0 Å². The first-order valence-electron chi connectivity index (χ1n) is 11.6. The number of hydrogen-bond acceptors (Lipinski definition) is 0. The molecule has 0 saturated carbocycles. The van der Waals surface area contributed by atoms with Gasteiger partial charge in [0.15, 0.2) is 0 Å². The normalized spacial score (nSPS) is 11.4. The molecule has 0 unspecified atom stereocenters. The smallest absolute Gasteiger partial charge is 0.115 e. The number of hydrogen-bond donors (Lipinski definition) is 0. The molecule has 0 N–H and O–H groups in total. The Morgan fingerprint density at radius 3 is 1.38 bits per heavy atom. The summed E-state index contributed by atoms with van der Waals surface area (Å²) in [7, 11) is -1.73. The Kier molecular flexibility index (Phi) is 13.0. The molecule has 0 nitrogen and oxygen atoms in total. The first kappa shape index (κ1) is 26.8. The Balaban J connectivity index is 0.00000363. The molecule has 0 radical (unpaired) electrons. The second-order valence-corrected chi connectivity index (χ2v) is 12.0. The van der Waals surface area contributed by atoms with Crippen molar-refractivity contribution in [2.45, 2.75) is 44.9 Å². The van der Waals surface area contributed by atoms with Gasteiger partial charge in [0.1, 0.15) is 23.2 Å². The fourth-order valence-electron chi connectivity index (χ4n) is 4.23. The molecule has 0 spiro atoms.